The van der Waals surface area contributed by atoms with E-state index in [1.807, 2.05) is 0 Å². The lowest BCUT2D eigenvalue weighted by Crippen LogP contribution is -2.24. The Bertz CT molecular complexity index is 1340. The highest BCUT2D eigenvalue weighted by atomic mass is 15.1. The van der Waals surface area contributed by atoms with Crippen molar-refractivity contribution in [1.82, 2.24) is 19.5 Å². The zero-order valence-electron chi connectivity index (χ0n) is 24.2. The molecule has 2 aromatic heterocycles. The van der Waals surface area contributed by atoms with Gasteiger partial charge in [0.15, 0.2) is 5.82 Å². The Hall–Kier alpha value is -3.27. The summed E-state index contributed by atoms with van der Waals surface area (Å²) < 4.78 is 2.36. The summed E-state index contributed by atoms with van der Waals surface area (Å²) in [5.74, 6) is 3.22. The van der Waals surface area contributed by atoms with Gasteiger partial charge in [0.05, 0.1) is 11.4 Å². The van der Waals surface area contributed by atoms with Crippen LogP contribution in [0.1, 0.15) is 104 Å². The fraction of sp³-hybridized carbons (Fsp3) is 0.424. The maximum absolute atomic E-state index is 4.94. The zero-order chi connectivity index (χ0) is 27.1. The van der Waals surface area contributed by atoms with E-state index in [1.165, 1.54) is 16.8 Å². The van der Waals surface area contributed by atoms with Crippen LogP contribution in [0.2, 0.25) is 0 Å². The van der Waals surface area contributed by atoms with E-state index in [4.69, 9.17) is 15.0 Å². The largest absolute Gasteiger partial charge is 0.316 e. The van der Waals surface area contributed by atoms with Crippen LogP contribution in [0.5, 0.6) is 0 Å². The molecule has 4 nitrogen and oxygen atoms in total. The predicted octanol–water partition coefficient (Wildman–Crippen LogP) is 8.84. The van der Waals surface area contributed by atoms with E-state index in [9.17, 15) is 0 Å². The Morgan fingerprint density at radius 1 is 0.622 bits per heavy atom. The van der Waals surface area contributed by atoms with Crippen LogP contribution in [-0.4, -0.2) is 19.5 Å². The maximum atomic E-state index is 4.94. The van der Waals surface area contributed by atoms with Gasteiger partial charge in [-0.15, -0.1) is 0 Å². The van der Waals surface area contributed by atoms with Gasteiger partial charge in [-0.25, -0.2) is 15.0 Å². The molecule has 4 aromatic rings. The molecule has 0 radical (unpaired) electrons. The van der Waals surface area contributed by atoms with Gasteiger partial charge in [-0.1, -0.05) is 106 Å². The molecule has 0 aliphatic rings. The minimum atomic E-state index is -0.169. The Labute approximate surface area is 223 Å². The molecule has 194 valence electrons. The summed E-state index contributed by atoms with van der Waals surface area (Å²) in [4.78, 5) is 14.7. The molecular weight excluding hydrogens is 452 g/mol. The van der Waals surface area contributed by atoms with Gasteiger partial charge in [-0.05, 0) is 46.7 Å². The van der Waals surface area contributed by atoms with E-state index in [1.54, 1.807) is 0 Å². The molecule has 0 N–H and O–H groups in total. The van der Waals surface area contributed by atoms with Gasteiger partial charge >= 0.3 is 0 Å². The molecule has 0 aliphatic heterocycles. The monoisotopic (exact) mass is 494 g/mol. The summed E-state index contributed by atoms with van der Waals surface area (Å²) in [5.41, 5.74) is 7.00. The van der Waals surface area contributed by atoms with E-state index < -0.39 is 0 Å². The number of hydrogen-bond donors (Lipinski definition) is 0. The first-order valence-corrected chi connectivity index (χ1v) is 13.5. The topological polar surface area (TPSA) is 43.6 Å². The summed E-state index contributed by atoms with van der Waals surface area (Å²) in [7, 11) is 0. The second-order valence-electron chi connectivity index (χ2n) is 12.7. The number of benzene rings is 2. The Morgan fingerprint density at radius 2 is 1.14 bits per heavy atom. The van der Waals surface area contributed by atoms with E-state index >= 15 is 0 Å². The highest BCUT2D eigenvalue weighted by Gasteiger charge is 2.25. The zero-order valence-corrected chi connectivity index (χ0v) is 24.2. The quantitative estimate of drug-likeness (QED) is 0.278. The van der Waals surface area contributed by atoms with Crippen molar-refractivity contribution in [2.75, 3.05) is 0 Å². The van der Waals surface area contributed by atoms with E-state index in [-0.39, 0.29) is 10.8 Å². The highest BCUT2D eigenvalue weighted by molar-refractivity contribution is 5.71. The fourth-order valence-corrected chi connectivity index (χ4v) is 4.59. The van der Waals surface area contributed by atoms with Gasteiger partial charge in [0.25, 0.3) is 0 Å². The van der Waals surface area contributed by atoms with Crippen molar-refractivity contribution in [1.29, 1.82) is 0 Å². The van der Waals surface area contributed by atoms with Crippen molar-refractivity contribution in [3.8, 4) is 28.3 Å². The molecule has 0 fully saturated rings. The lowest BCUT2D eigenvalue weighted by Gasteiger charge is -2.23. The SMILES string of the molecule is CC(C)c1cccc(C(C)C)c1-n1cccc1-c1cccc(-c2nc(C(C)(C)C)nc(C(C)(C)C)n2)c1. The van der Waals surface area contributed by atoms with Gasteiger partial charge in [-0.3, -0.25) is 0 Å². The van der Waals surface area contributed by atoms with Crippen LogP contribution < -0.4 is 0 Å². The Morgan fingerprint density at radius 3 is 1.65 bits per heavy atom. The van der Waals surface area contributed by atoms with Crippen LogP contribution in [0.15, 0.2) is 60.8 Å². The van der Waals surface area contributed by atoms with Crippen molar-refractivity contribution in [3.05, 3.63) is 83.6 Å². The normalized spacial score (nSPS) is 12.5. The molecule has 0 aliphatic carbocycles. The molecule has 0 atom stereocenters. The van der Waals surface area contributed by atoms with Crippen molar-refractivity contribution >= 4 is 0 Å². The predicted molar refractivity (Wildman–Crippen MR) is 156 cm³/mol. The van der Waals surface area contributed by atoms with Crippen LogP contribution in [0.25, 0.3) is 28.3 Å². The van der Waals surface area contributed by atoms with Gasteiger partial charge in [0.1, 0.15) is 11.6 Å². The van der Waals surface area contributed by atoms with Crippen molar-refractivity contribution in [3.63, 3.8) is 0 Å². The number of aromatic nitrogens is 4. The minimum absolute atomic E-state index is 0.169. The standard InChI is InChI=1S/C33H42N4/c1-21(2)25-16-12-17-26(22(3)4)28(25)37-19-13-18-27(37)23-14-11-15-24(20-23)29-34-30(32(5,6)7)36-31(35-29)33(8,9)10/h11-22H,1-10H3. The van der Waals surface area contributed by atoms with Crippen LogP contribution in [0, 0.1) is 0 Å². The van der Waals surface area contributed by atoms with E-state index in [0.29, 0.717) is 11.8 Å². The lowest BCUT2D eigenvalue weighted by atomic mass is 9.92. The molecule has 2 aromatic carbocycles. The Kier molecular flexibility index (Phi) is 7.16. The molecule has 4 heteroatoms. The van der Waals surface area contributed by atoms with Crippen molar-refractivity contribution < 1.29 is 0 Å². The summed E-state index contributed by atoms with van der Waals surface area (Å²) in [6.45, 7) is 22.0. The smallest absolute Gasteiger partial charge is 0.163 e. The fourth-order valence-electron chi connectivity index (χ4n) is 4.59. The molecule has 37 heavy (non-hydrogen) atoms. The van der Waals surface area contributed by atoms with Crippen LogP contribution in [0.3, 0.4) is 0 Å². The molecule has 0 bridgehead atoms. The van der Waals surface area contributed by atoms with Gasteiger partial charge in [0.2, 0.25) is 0 Å². The maximum Gasteiger partial charge on any atom is 0.163 e. The van der Waals surface area contributed by atoms with Crippen LogP contribution in [0.4, 0.5) is 0 Å². The third-order valence-corrected chi connectivity index (χ3v) is 6.73. The first-order valence-electron chi connectivity index (χ1n) is 13.5. The Balaban J connectivity index is 1.89. The first kappa shape index (κ1) is 26.8. The van der Waals surface area contributed by atoms with Crippen molar-refractivity contribution in [2.24, 2.45) is 0 Å². The van der Waals surface area contributed by atoms with Gasteiger partial charge < -0.3 is 4.57 Å². The number of hydrogen-bond acceptors (Lipinski definition) is 3. The molecule has 0 amide bonds. The molecule has 4 rings (SSSR count). The van der Waals surface area contributed by atoms with Gasteiger partial charge in [-0.2, -0.15) is 0 Å². The summed E-state index contributed by atoms with van der Waals surface area (Å²) in [5, 5.41) is 0. The first-order chi connectivity index (χ1) is 17.3. The summed E-state index contributed by atoms with van der Waals surface area (Å²) >= 11 is 0. The lowest BCUT2D eigenvalue weighted by molar-refractivity contribution is 0.497. The molecule has 0 saturated carbocycles. The van der Waals surface area contributed by atoms with Crippen molar-refractivity contribution in [2.45, 2.75) is 91.9 Å². The summed E-state index contributed by atoms with van der Waals surface area (Å²) in [6, 6.07) is 19.7. The van der Waals surface area contributed by atoms with Crippen LogP contribution >= 0.6 is 0 Å². The molecule has 2 heterocycles. The number of rotatable bonds is 5. The molecular formula is C33H42N4. The third kappa shape index (κ3) is 5.53. The second kappa shape index (κ2) is 9.89. The average Bonchev–Trinajstić information content (AvgIpc) is 3.32. The summed E-state index contributed by atoms with van der Waals surface area (Å²) in [6.07, 6.45) is 2.19. The van der Waals surface area contributed by atoms with Crippen LogP contribution in [-0.2, 0) is 10.8 Å². The highest BCUT2D eigenvalue weighted by Crippen LogP contribution is 2.35. The average molecular weight is 495 g/mol. The molecule has 0 spiro atoms. The number of nitrogens with zero attached hydrogens (tertiary/aromatic N) is 4. The molecule has 0 unspecified atom stereocenters. The van der Waals surface area contributed by atoms with Gasteiger partial charge in [0, 0.05) is 22.6 Å². The van der Waals surface area contributed by atoms with E-state index in [2.05, 4.69) is 135 Å². The molecule has 0 saturated heterocycles. The number of para-hydroxylation sites is 1. The second-order valence-corrected chi connectivity index (χ2v) is 12.7. The van der Waals surface area contributed by atoms with E-state index in [0.717, 1.165) is 34.3 Å². The minimum Gasteiger partial charge on any atom is -0.316 e. The third-order valence-electron chi connectivity index (χ3n) is 6.73.